The molecule has 0 radical (unpaired) electrons. The molecule has 0 saturated heterocycles. The lowest BCUT2D eigenvalue weighted by Crippen LogP contribution is -2.27. The number of hydrogen-bond donors (Lipinski definition) is 1. The zero-order valence-corrected chi connectivity index (χ0v) is 14.1. The van der Waals surface area contributed by atoms with Gasteiger partial charge in [0.25, 0.3) is 0 Å². The molecule has 0 aromatic heterocycles. The van der Waals surface area contributed by atoms with Crippen LogP contribution in [0.2, 0.25) is 0 Å². The molecule has 1 aromatic carbocycles. The molecule has 0 amide bonds. The average molecular weight is 343 g/mol. The van der Waals surface area contributed by atoms with Gasteiger partial charge in [0.2, 0.25) is 0 Å². The summed E-state index contributed by atoms with van der Waals surface area (Å²) in [6.07, 6.45) is 4.30. The first-order valence-electron chi connectivity index (χ1n) is 7.40. The van der Waals surface area contributed by atoms with Crippen LogP contribution in [0.3, 0.4) is 0 Å². The van der Waals surface area contributed by atoms with Gasteiger partial charge in [0.1, 0.15) is 5.82 Å². The molecule has 1 nitrogen and oxygen atoms in total. The van der Waals surface area contributed by atoms with Crippen molar-refractivity contribution in [2.75, 3.05) is 0 Å². The number of aliphatic hydroxyl groups is 1. The fourth-order valence-corrected chi connectivity index (χ4v) is 3.67. The Morgan fingerprint density at radius 2 is 1.95 bits per heavy atom. The third-order valence-electron chi connectivity index (χ3n) is 4.70. The minimum Gasteiger partial charge on any atom is -0.385 e. The second-order valence-electron chi connectivity index (χ2n) is 7.15. The van der Waals surface area contributed by atoms with Crippen LogP contribution in [-0.2, 0) is 5.60 Å². The molecule has 0 bridgehead atoms. The Morgan fingerprint density at radius 1 is 1.25 bits per heavy atom. The predicted octanol–water partition coefficient (Wildman–Crippen LogP) is 5.40. The second-order valence-corrected chi connectivity index (χ2v) is 8.07. The van der Waals surface area contributed by atoms with Gasteiger partial charge in [-0.15, -0.1) is 0 Å². The Bertz CT molecular complexity index is 480. The lowest BCUT2D eigenvalue weighted by atomic mass is 9.76. The van der Waals surface area contributed by atoms with Crippen molar-refractivity contribution < 1.29 is 9.50 Å². The van der Waals surface area contributed by atoms with Gasteiger partial charge in [-0.25, -0.2) is 4.39 Å². The van der Waals surface area contributed by atoms with E-state index < -0.39 is 5.60 Å². The third kappa shape index (κ3) is 3.43. The summed E-state index contributed by atoms with van der Waals surface area (Å²) in [4.78, 5) is 0. The molecule has 2 atom stereocenters. The largest absolute Gasteiger partial charge is 0.385 e. The van der Waals surface area contributed by atoms with E-state index in [0.29, 0.717) is 24.3 Å². The maximum Gasteiger partial charge on any atom is 0.129 e. The van der Waals surface area contributed by atoms with Gasteiger partial charge in [-0.1, -0.05) is 36.7 Å². The van der Waals surface area contributed by atoms with Crippen LogP contribution in [0.1, 0.15) is 58.4 Å². The van der Waals surface area contributed by atoms with Crippen molar-refractivity contribution in [3.8, 4) is 0 Å². The van der Waals surface area contributed by atoms with Crippen LogP contribution in [0.25, 0.3) is 0 Å². The maximum absolute atomic E-state index is 14.1. The van der Waals surface area contributed by atoms with Gasteiger partial charge >= 0.3 is 0 Å². The van der Waals surface area contributed by atoms with Crippen molar-refractivity contribution in [1.82, 2.24) is 0 Å². The smallest absolute Gasteiger partial charge is 0.129 e. The van der Waals surface area contributed by atoms with Gasteiger partial charge in [-0.05, 0) is 61.6 Å². The van der Waals surface area contributed by atoms with Crippen LogP contribution in [0.5, 0.6) is 0 Å². The minimum absolute atomic E-state index is 0.251. The average Bonchev–Trinajstić information content (AvgIpc) is 2.55. The normalized spacial score (nSPS) is 28.2. The molecule has 2 unspecified atom stereocenters. The first-order valence-corrected chi connectivity index (χ1v) is 8.19. The molecule has 0 spiro atoms. The van der Waals surface area contributed by atoms with E-state index in [-0.39, 0.29) is 11.2 Å². The lowest BCUT2D eigenvalue weighted by molar-refractivity contribution is 0.0146. The zero-order valence-electron chi connectivity index (χ0n) is 12.5. The highest BCUT2D eigenvalue weighted by molar-refractivity contribution is 9.10. The van der Waals surface area contributed by atoms with Crippen molar-refractivity contribution in [1.29, 1.82) is 0 Å². The topological polar surface area (TPSA) is 20.2 Å². The van der Waals surface area contributed by atoms with Gasteiger partial charge in [0.05, 0.1) is 5.60 Å². The summed E-state index contributed by atoms with van der Waals surface area (Å²) in [7, 11) is 0. The van der Waals surface area contributed by atoms with Gasteiger partial charge in [-0.3, -0.25) is 0 Å². The Balaban J connectivity index is 2.25. The number of halogens is 2. The lowest BCUT2D eigenvalue weighted by Gasteiger charge is -2.31. The Labute approximate surface area is 129 Å². The SMILES string of the molecule is CC(C)(C)C1CCCC(O)(c2cc(Br)ccc2F)CC1. The molecule has 3 heteroatoms. The predicted molar refractivity (Wildman–Crippen MR) is 84.0 cm³/mol. The minimum atomic E-state index is -1.02. The third-order valence-corrected chi connectivity index (χ3v) is 5.20. The van der Waals surface area contributed by atoms with E-state index in [2.05, 4.69) is 36.7 Å². The first kappa shape index (κ1) is 16.0. The number of rotatable bonds is 1. The molecule has 0 heterocycles. The summed E-state index contributed by atoms with van der Waals surface area (Å²) >= 11 is 3.37. The molecule has 0 aliphatic heterocycles. The molecule has 1 aromatic rings. The van der Waals surface area contributed by atoms with E-state index in [0.717, 1.165) is 23.7 Å². The van der Waals surface area contributed by atoms with Crippen LogP contribution >= 0.6 is 15.9 Å². The van der Waals surface area contributed by atoms with Crippen molar-refractivity contribution in [2.24, 2.45) is 11.3 Å². The van der Waals surface area contributed by atoms with E-state index in [1.165, 1.54) is 6.07 Å². The zero-order chi connectivity index (χ0) is 15.0. The van der Waals surface area contributed by atoms with Crippen molar-refractivity contribution >= 4 is 15.9 Å². The summed E-state index contributed by atoms with van der Waals surface area (Å²) < 4.78 is 14.9. The summed E-state index contributed by atoms with van der Waals surface area (Å²) in [5, 5.41) is 11.0. The molecule has 20 heavy (non-hydrogen) atoms. The summed E-state index contributed by atoms with van der Waals surface area (Å²) in [5.74, 6) is 0.289. The summed E-state index contributed by atoms with van der Waals surface area (Å²) in [5.41, 5.74) is -0.323. The fourth-order valence-electron chi connectivity index (χ4n) is 3.31. The van der Waals surface area contributed by atoms with Crippen LogP contribution in [0, 0.1) is 17.2 Å². The Kier molecular flexibility index (Phi) is 4.60. The summed E-state index contributed by atoms with van der Waals surface area (Å²) in [6.45, 7) is 6.76. The molecule has 1 aliphatic carbocycles. The van der Waals surface area contributed by atoms with Crippen LogP contribution in [-0.4, -0.2) is 5.11 Å². The molecular weight excluding hydrogens is 319 g/mol. The number of benzene rings is 1. The van der Waals surface area contributed by atoms with E-state index >= 15 is 0 Å². The van der Waals surface area contributed by atoms with Crippen LogP contribution in [0.4, 0.5) is 4.39 Å². The summed E-state index contributed by atoms with van der Waals surface area (Å²) in [6, 6.07) is 4.84. The standard InChI is InChI=1S/C17H24BrFO/c1-16(2,3)12-5-4-9-17(20,10-8-12)14-11-13(18)6-7-15(14)19/h6-7,11-12,20H,4-5,8-10H2,1-3H3. The van der Waals surface area contributed by atoms with Crippen LogP contribution in [0.15, 0.2) is 22.7 Å². The maximum atomic E-state index is 14.1. The fraction of sp³-hybridized carbons (Fsp3) is 0.647. The van der Waals surface area contributed by atoms with Gasteiger partial charge in [0.15, 0.2) is 0 Å². The Morgan fingerprint density at radius 3 is 2.60 bits per heavy atom. The van der Waals surface area contributed by atoms with Crippen molar-refractivity contribution in [3.05, 3.63) is 34.1 Å². The van der Waals surface area contributed by atoms with E-state index in [9.17, 15) is 9.50 Å². The molecular formula is C17H24BrFO. The molecule has 112 valence electrons. The second kappa shape index (κ2) is 5.76. The molecule has 1 fully saturated rings. The molecule has 1 aliphatic rings. The highest BCUT2D eigenvalue weighted by Crippen LogP contribution is 2.44. The van der Waals surface area contributed by atoms with Crippen LogP contribution < -0.4 is 0 Å². The van der Waals surface area contributed by atoms with E-state index in [1.54, 1.807) is 12.1 Å². The monoisotopic (exact) mass is 342 g/mol. The van der Waals surface area contributed by atoms with Crippen molar-refractivity contribution in [3.63, 3.8) is 0 Å². The quantitative estimate of drug-likeness (QED) is 0.677. The van der Waals surface area contributed by atoms with E-state index in [1.807, 2.05) is 0 Å². The highest BCUT2D eigenvalue weighted by Gasteiger charge is 2.37. The van der Waals surface area contributed by atoms with Gasteiger partial charge in [0, 0.05) is 10.0 Å². The Hall–Kier alpha value is -0.410. The highest BCUT2D eigenvalue weighted by atomic mass is 79.9. The van der Waals surface area contributed by atoms with Gasteiger partial charge < -0.3 is 5.11 Å². The molecule has 1 saturated carbocycles. The van der Waals surface area contributed by atoms with Crippen molar-refractivity contribution in [2.45, 2.75) is 58.5 Å². The molecule has 2 rings (SSSR count). The van der Waals surface area contributed by atoms with E-state index in [4.69, 9.17) is 0 Å². The molecule has 1 N–H and O–H groups in total. The number of hydrogen-bond acceptors (Lipinski definition) is 1. The first-order chi connectivity index (χ1) is 9.22. The van der Waals surface area contributed by atoms with Gasteiger partial charge in [-0.2, -0.15) is 0 Å².